The smallest absolute Gasteiger partial charge is 0.378 e. The van der Waals surface area contributed by atoms with Gasteiger partial charge in [-0.2, -0.15) is 0 Å². The summed E-state index contributed by atoms with van der Waals surface area (Å²) in [5.41, 5.74) is -1.58. The molecule has 1 saturated heterocycles. The van der Waals surface area contributed by atoms with E-state index in [-0.39, 0.29) is 0 Å². The summed E-state index contributed by atoms with van der Waals surface area (Å²) < 4.78 is 21.4. The summed E-state index contributed by atoms with van der Waals surface area (Å²) in [5.74, 6) is -2.43. The number of ether oxygens (including phenoxy) is 4. The van der Waals surface area contributed by atoms with Gasteiger partial charge in [-0.25, -0.2) is 4.79 Å². The molecule has 184 valence electrons. The molecule has 0 spiro atoms. The van der Waals surface area contributed by atoms with Crippen LogP contribution in [0.5, 0.6) is 0 Å². The number of aliphatic hydroxyl groups excluding tert-OH is 8. The van der Waals surface area contributed by atoms with Crippen molar-refractivity contribution < 1.29 is 64.6 Å². The lowest BCUT2D eigenvalue weighted by Gasteiger charge is -2.39. The van der Waals surface area contributed by atoms with Crippen LogP contribution < -0.4 is 0 Å². The standard InChI is InChI=1S/C19H30O13/c1-8(2)7-29-16-15(31-18-14(27)13(26)12(25)10(5-21)30-18)17(28)32-19(16,11(24)6-22)3-9(23)4-20/h7,9-14,18,20-27H,3-6H2,1-2H3/t9?,10-,11+,12-,13+,14-,18?,19-/m1/s1. The molecule has 13 heteroatoms. The monoisotopic (exact) mass is 466 g/mol. The molecule has 13 nitrogen and oxygen atoms in total. The molecule has 2 unspecified atom stereocenters. The van der Waals surface area contributed by atoms with Gasteiger partial charge in [0.1, 0.15) is 30.5 Å². The maximum Gasteiger partial charge on any atom is 0.378 e. The fourth-order valence-corrected chi connectivity index (χ4v) is 3.31. The number of carbonyl (C=O) groups is 1. The Hall–Kier alpha value is -1.81. The maximum atomic E-state index is 12.7. The average molecular weight is 466 g/mol. The zero-order valence-corrected chi connectivity index (χ0v) is 17.6. The molecule has 8 N–H and O–H groups in total. The van der Waals surface area contributed by atoms with Crippen molar-refractivity contribution in [3.05, 3.63) is 23.4 Å². The maximum absolute atomic E-state index is 12.7. The molecule has 0 aromatic rings. The third-order valence-corrected chi connectivity index (χ3v) is 5.01. The predicted molar refractivity (Wildman–Crippen MR) is 102 cm³/mol. The van der Waals surface area contributed by atoms with E-state index < -0.39 is 92.2 Å². The van der Waals surface area contributed by atoms with Gasteiger partial charge in [-0.15, -0.1) is 0 Å². The van der Waals surface area contributed by atoms with E-state index in [1.54, 1.807) is 13.8 Å². The average Bonchev–Trinajstić information content (AvgIpc) is 3.02. The third-order valence-electron chi connectivity index (χ3n) is 5.01. The van der Waals surface area contributed by atoms with Crippen LogP contribution in [-0.4, -0.2) is 115 Å². The van der Waals surface area contributed by atoms with Crippen LogP contribution in [0, 0.1) is 0 Å². The number of hydrogen-bond acceptors (Lipinski definition) is 13. The molecule has 0 saturated carbocycles. The molecule has 0 radical (unpaired) electrons. The van der Waals surface area contributed by atoms with Crippen molar-refractivity contribution in [3.63, 3.8) is 0 Å². The van der Waals surface area contributed by atoms with E-state index in [4.69, 9.17) is 18.9 Å². The third kappa shape index (κ3) is 5.22. The lowest BCUT2D eigenvalue weighted by atomic mass is 9.88. The highest BCUT2D eigenvalue weighted by atomic mass is 16.7. The van der Waals surface area contributed by atoms with Crippen LogP contribution in [0.1, 0.15) is 20.3 Å². The zero-order chi connectivity index (χ0) is 24.2. The second kappa shape index (κ2) is 10.9. The van der Waals surface area contributed by atoms with Gasteiger partial charge in [-0.05, 0) is 19.4 Å². The lowest BCUT2D eigenvalue weighted by molar-refractivity contribution is -0.291. The van der Waals surface area contributed by atoms with Crippen LogP contribution in [0.4, 0.5) is 0 Å². The molecule has 2 aliphatic rings. The number of esters is 1. The van der Waals surface area contributed by atoms with E-state index in [1.165, 1.54) is 0 Å². The Bertz CT molecular complexity index is 716. The fraction of sp³-hybridized carbons (Fsp3) is 0.737. The highest BCUT2D eigenvalue weighted by molar-refractivity contribution is 5.90. The van der Waals surface area contributed by atoms with E-state index in [0.717, 1.165) is 6.26 Å². The number of rotatable bonds is 10. The molecule has 2 heterocycles. The molecule has 32 heavy (non-hydrogen) atoms. The number of cyclic esters (lactones) is 1. The molecule has 0 aromatic carbocycles. The summed E-state index contributed by atoms with van der Waals surface area (Å²) >= 11 is 0. The van der Waals surface area contributed by atoms with Gasteiger partial charge < -0.3 is 59.8 Å². The Labute approximate surface area is 183 Å². The van der Waals surface area contributed by atoms with E-state index in [1.807, 2.05) is 0 Å². The van der Waals surface area contributed by atoms with Gasteiger partial charge in [0.05, 0.1) is 32.2 Å². The van der Waals surface area contributed by atoms with Crippen molar-refractivity contribution in [1.82, 2.24) is 0 Å². The first-order chi connectivity index (χ1) is 15.0. The number of allylic oxidation sites excluding steroid dienone is 1. The molecular formula is C19H30O13. The van der Waals surface area contributed by atoms with E-state index >= 15 is 0 Å². The van der Waals surface area contributed by atoms with Crippen molar-refractivity contribution in [2.75, 3.05) is 19.8 Å². The van der Waals surface area contributed by atoms with Gasteiger partial charge in [0.2, 0.25) is 11.9 Å². The Morgan fingerprint density at radius 2 is 1.75 bits per heavy atom. The van der Waals surface area contributed by atoms with Crippen LogP contribution in [0.25, 0.3) is 0 Å². The van der Waals surface area contributed by atoms with Crippen LogP contribution in [-0.2, 0) is 23.7 Å². The summed E-state index contributed by atoms with van der Waals surface area (Å²) in [5, 5.41) is 78.6. The Balaban J connectivity index is 2.53. The van der Waals surface area contributed by atoms with Crippen LogP contribution >= 0.6 is 0 Å². The van der Waals surface area contributed by atoms with E-state index in [2.05, 4.69) is 0 Å². The fourth-order valence-electron chi connectivity index (χ4n) is 3.31. The van der Waals surface area contributed by atoms with E-state index in [9.17, 15) is 45.6 Å². The van der Waals surface area contributed by atoms with Crippen molar-refractivity contribution in [1.29, 1.82) is 0 Å². The molecular weight excluding hydrogens is 436 g/mol. The van der Waals surface area contributed by atoms with E-state index in [0.29, 0.717) is 5.57 Å². The summed E-state index contributed by atoms with van der Waals surface area (Å²) in [4.78, 5) is 12.7. The van der Waals surface area contributed by atoms with Crippen LogP contribution in [0.2, 0.25) is 0 Å². The topological polar surface area (TPSA) is 216 Å². The Morgan fingerprint density at radius 1 is 1.09 bits per heavy atom. The molecule has 8 atom stereocenters. The van der Waals surface area contributed by atoms with Gasteiger partial charge in [-0.3, -0.25) is 0 Å². The minimum absolute atomic E-state index is 0.491. The number of hydrogen-bond donors (Lipinski definition) is 8. The second-order valence-corrected chi connectivity index (χ2v) is 7.80. The summed E-state index contributed by atoms with van der Waals surface area (Å²) in [6, 6.07) is 0. The minimum Gasteiger partial charge on any atom is -0.461 e. The molecule has 0 aromatic heterocycles. The largest absolute Gasteiger partial charge is 0.461 e. The molecule has 0 bridgehead atoms. The zero-order valence-electron chi connectivity index (χ0n) is 17.6. The molecule has 1 fully saturated rings. The van der Waals surface area contributed by atoms with Gasteiger partial charge in [-0.1, -0.05) is 0 Å². The summed E-state index contributed by atoms with van der Waals surface area (Å²) in [6.45, 7) is 0.841. The van der Waals surface area contributed by atoms with Gasteiger partial charge in [0.25, 0.3) is 5.76 Å². The Morgan fingerprint density at radius 3 is 2.28 bits per heavy atom. The van der Waals surface area contributed by atoms with Crippen LogP contribution in [0.15, 0.2) is 23.4 Å². The number of aliphatic hydroxyl groups is 8. The Kier molecular flexibility index (Phi) is 8.98. The first kappa shape index (κ1) is 26.4. The van der Waals surface area contributed by atoms with Gasteiger partial charge >= 0.3 is 5.97 Å². The molecule has 0 aliphatic carbocycles. The predicted octanol–water partition coefficient (Wildman–Crippen LogP) is -3.65. The number of carbonyl (C=O) groups excluding carboxylic acids is 1. The summed E-state index contributed by atoms with van der Waals surface area (Å²) in [7, 11) is 0. The normalized spacial score (nSPS) is 34.7. The lowest BCUT2D eigenvalue weighted by Crippen LogP contribution is -2.59. The quantitative estimate of drug-likeness (QED) is 0.115. The van der Waals surface area contributed by atoms with Crippen molar-refractivity contribution >= 4 is 5.97 Å². The first-order valence-electron chi connectivity index (χ1n) is 9.85. The second-order valence-electron chi connectivity index (χ2n) is 7.80. The first-order valence-corrected chi connectivity index (χ1v) is 9.85. The van der Waals surface area contributed by atoms with Crippen LogP contribution in [0.3, 0.4) is 0 Å². The highest BCUT2D eigenvalue weighted by Crippen LogP contribution is 2.42. The van der Waals surface area contributed by atoms with Gasteiger partial charge in [0.15, 0.2) is 5.76 Å². The van der Waals surface area contributed by atoms with Crippen molar-refractivity contribution in [2.45, 2.75) is 68.8 Å². The summed E-state index contributed by atoms with van der Waals surface area (Å²) in [6.07, 6.45) is -11.2. The SMILES string of the molecule is CC(C)=COC1=C(OC2O[C@H](CO)[C@@H](O)[C@H](O)[C@H]2O)C(=O)O[C@]1(CC(O)CO)[C@@H](O)CO. The molecule has 2 rings (SSSR count). The van der Waals surface area contributed by atoms with Crippen molar-refractivity contribution in [2.24, 2.45) is 0 Å². The van der Waals surface area contributed by atoms with Crippen molar-refractivity contribution in [3.8, 4) is 0 Å². The highest BCUT2D eigenvalue weighted by Gasteiger charge is 2.58. The minimum atomic E-state index is -2.18. The molecule has 2 aliphatic heterocycles. The van der Waals surface area contributed by atoms with Gasteiger partial charge in [0, 0.05) is 6.42 Å². The molecule has 0 amide bonds.